The van der Waals surface area contributed by atoms with Crippen LogP contribution in [0.2, 0.25) is 0 Å². The molecule has 0 fully saturated rings. The number of carbonyl (C=O) groups excluding carboxylic acids is 1. The van der Waals surface area contributed by atoms with Gasteiger partial charge in [-0.05, 0) is 24.3 Å². The number of fused-ring (bicyclic) bond motifs is 1. The lowest BCUT2D eigenvalue weighted by Gasteiger charge is -2.05. The standard InChI is InChI=1S/C17H16N2O2S/c1-19-12-18-15-11-13(7-8-16(15)19)21-17(20)9-10-22-14-5-3-2-4-6-14/h2-8,11-12H,9-10H2,1H3. The molecule has 0 N–H and O–H groups in total. The van der Waals surface area contributed by atoms with E-state index in [4.69, 9.17) is 4.74 Å². The number of hydrogen-bond acceptors (Lipinski definition) is 4. The molecule has 2 aromatic carbocycles. The van der Waals surface area contributed by atoms with Crippen LogP contribution in [0.5, 0.6) is 5.75 Å². The van der Waals surface area contributed by atoms with Crippen molar-refractivity contribution in [1.82, 2.24) is 9.55 Å². The van der Waals surface area contributed by atoms with Crippen molar-refractivity contribution in [2.75, 3.05) is 5.75 Å². The molecule has 0 saturated carbocycles. The van der Waals surface area contributed by atoms with Crippen molar-refractivity contribution in [3.05, 3.63) is 54.9 Å². The number of imidazole rings is 1. The first kappa shape index (κ1) is 14.7. The van der Waals surface area contributed by atoms with Crippen molar-refractivity contribution in [3.63, 3.8) is 0 Å². The third kappa shape index (κ3) is 3.49. The maximum absolute atomic E-state index is 11.9. The summed E-state index contributed by atoms with van der Waals surface area (Å²) in [5.74, 6) is 1.02. The third-order valence-electron chi connectivity index (χ3n) is 3.25. The summed E-state index contributed by atoms with van der Waals surface area (Å²) in [6, 6.07) is 15.5. The largest absolute Gasteiger partial charge is 0.426 e. The molecular formula is C17H16N2O2S. The molecule has 3 rings (SSSR count). The van der Waals surface area contributed by atoms with E-state index in [9.17, 15) is 4.79 Å². The van der Waals surface area contributed by atoms with Crippen LogP contribution < -0.4 is 4.74 Å². The smallest absolute Gasteiger partial charge is 0.312 e. The number of carbonyl (C=O) groups is 1. The quantitative estimate of drug-likeness (QED) is 0.410. The summed E-state index contributed by atoms with van der Waals surface area (Å²) >= 11 is 1.65. The summed E-state index contributed by atoms with van der Waals surface area (Å²) in [4.78, 5) is 17.3. The van der Waals surface area contributed by atoms with Crippen LogP contribution in [-0.2, 0) is 11.8 Å². The van der Waals surface area contributed by atoms with E-state index in [-0.39, 0.29) is 5.97 Å². The summed E-state index contributed by atoms with van der Waals surface area (Å²) in [6.07, 6.45) is 2.12. The van der Waals surface area contributed by atoms with Crippen LogP contribution in [0.4, 0.5) is 0 Å². The fraction of sp³-hybridized carbons (Fsp3) is 0.176. The Labute approximate surface area is 133 Å². The molecule has 0 spiro atoms. The average Bonchev–Trinajstić information content (AvgIpc) is 2.89. The van der Waals surface area contributed by atoms with E-state index in [1.807, 2.05) is 48.0 Å². The monoisotopic (exact) mass is 312 g/mol. The molecule has 0 atom stereocenters. The number of benzene rings is 2. The molecule has 4 nitrogen and oxygen atoms in total. The number of aryl methyl sites for hydroxylation is 1. The lowest BCUT2D eigenvalue weighted by Crippen LogP contribution is -2.08. The van der Waals surface area contributed by atoms with Crippen LogP contribution in [-0.4, -0.2) is 21.3 Å². The number of aromatic nitrogens is 2. The van der Waals surface area contributed by atoms with Crippen molar-refractivity contribution in [1.29, 1.82) is 0 Å². The molecule has 0 aliphatic rings. The van der Waals surface area contributed by atoms with Crippen LogP contribution in [0, 0.1) is 0 Å². The normalized spacial score (nSPS) is 10.8. The fourth-order valence-corrected chi connectivity index (χ4v) is 2.98. The SMILES string of the molecule is Cn1cnc2cc(OC(=O)CCSc3ccccc3)ccc21. The van der Waals surface area contributed by atoms with Crippen LogP contribution in [0.1, 0.15) is 6.42 Å². The summed E-state index contributed by atoms with van der Waals surface area (Å²) in [5.41, 5.74) is 1.84. The van der Waals surface area contributed by atoms with Gasteiger partial charge in [0.15, 0.2) is 0 Å². The van der Waals surface area contributed by atoms with E-state index in [0.29, 0.717) is 17.9 Å². The van der Waals surface area contributed by atoms with E-state index in [0.717, 1.165) is 15.9 Å². The second kappa shape index (κ2) is 6.66. The number of nitrogens with zero attached hydrogens (tertiary/aromatic N) is 2. The van der Waals surface area contributed by atoms with Gasteiger partial charge in [0.1, 0.15) is 5.75 Å². The van der Waals surface area contributed by atoms with Gasteiger partial charge in [0, 0.05) is 23.8 Å². The van der Waals surface area contributed by atoms with Crippen molar-refractivity contribution in [3.8, 4) is 5.75 Å². The maximum Gasteiger partial charge on any atom is 0.312 e. The zero-order chi connectivity index (χ0) is 15.4. The molecule has 0 bridgehead atoms. The Morgan fingerprint density at radius 2 is 2.05 bits per heavy atom. The van der Waals surface area contributed by atoms with Crippen molar-refractivity contribution in [2.45, 2.75) is 11.3 Å². The van der Waals surface area contributed by atoms with E-state index in [2.05, 4.69) is 4.98 Å². The highest BCUT2D eigenvalue weighted by Crippen LogP contribution is 2.21. The lowest BCUT2D eigenvalue weighted by molar-refractivity contribution is -0.133. The Bertz CT molecular complexity index is 784. The lowest BCUT2D eigenvalue weighted by atomic mass is 10.3. The molecule has 0 aliphatic carbocycles. The molecular weight excluding hydrogens is 296 g/mol. The number of rotatable bonds is 5. The van der Waals surface area contributed by atoms with Crippen molar-refractivity contribution >= 4 is 28.8 Å². The van der Waals surface area contributed by atoms with Crippen LogP contribution in [0.25, 0.3) is 11.0 Å². The Morgan fingerprint density at radius 3 is 2.86 bits per heavy atom. The predicted molar refractivity (Wildman–Crippen MR) is 88.1 cm³/mol. The van der Waals surface area contributed by atoms with Gasteiger partial charge in [0.05, 0.1) is 23.8 Å². The molecule has 112 valence electrons. The molecule has 1 heterocycles. The highest BCUT2D eigenvalue weighted by atomic mass is 32.2. The van der Waals surface area contributed by atoms with Gasteiger partial charge >= 0.3 is 5.97 Å². The van der Waals surface area contributed by atoms with E-state index in [1.165, 1.54) is 0 Å². The molecule has 0 radical (unpaired) electrons. The molecule has 0 amide bonds. The summed E-state index contributed by atoms with van der Waals surface area (Å²) in [7, 11) is 1.93. The van der Waals surface area contributed by atoms with Gasteiger partial charge in [-0.1, -0.05) is 18.2 Å². The predicted octanol–water partition coefficient (Wildman–Crippen LogP) is 3.66. The third-order valence-corrected chi connectivity index (χ3v) is 4.26. The van der Waals surface area contributed by atoms with Gasteiger partial charge in [-0.15, -0.1) is 11.8 Å². The number of hydrogen-bond donors (Lipinski definition) is 0. The van der Waals surface area contributed by atoms with Gasteiger partial charge in [0.25, 0.3) is 0 Å². The van der Waals surface area contributed by atoms with Crippen LogP contribution in [0.3, 0.4) is 0 Å². The molecule has 3 aromatic rings. The summed E-state index contributed by atoms with van der Waals surface area (Å²) in [6.45, 7) is 0. The number of esters is 1. The Kier molecular flexibility index (Phi) is 4.44. The van der Waals surface area contributed by atoms with Crippen molar-refractivity contribution < 1.29 is 9.53 Å². The maximum atomic E-state index is 11.9. The topological polar surface area (TPSA) is 44.1 Å². The van der Waals surface area contributed by atoms with Gasteiger partial charge in [-0.3, -0.25) is 4.79 Å². The van der Waals surface area contributed by atoms with Crippen LogP contribution in [0.15, 0.2) is 59.8 Å². The second-order valence-corrected chi connectivity index (χ2v) is 6.06. The van der Waals surface area contributed by atoms with Gasteiger partial charge in [-0.2, -0.15) is 0 Å². The van der Waals surface area contributed by atoms with Crippen LogP contribution >= 0.6 is 11.8 Å². The summed E-state index contributed by atoms with van der Waals surface area (Å²) in [5, 5.41) is 0. The Hall–Kier alpha value is -2.27. The van der Waals surface area contributed by atoms with E-state index < -0.39 is 0 Å². The zero-order valence-electron chi connectivity index (χ0n) is 12.2. The van der Waals surface area contributed by atoms with E-state index in [1.54, 1.807) is 30.2 Å². The zero-order valence-corrected chi connectivity index (χ0v) is 13.0. The minimum Gasteiger partial charge on any atom is -0.426 e. The first-order valence-electron chi connectivity index (χ1n) is 7.02. The Morgan fingerprint density at radius 1 is 1.23 bits per heavy atom. The van der Waals surface area contributed by atoms with Gasteiger partial charge in [-0.25, -0.2) is 4.98 Å². The number of ether oxygens (including phenoxy) is 1. The van der Waals surface area contributed by atoms with Gasteiger partial charge in [0.2, 0.25) is 0 Å². The first-order chi connectivity index (χ1) is 10.7. The molecule has 0 saturated heterocycles. The van der Waals surface area contributed by atoms with Crippen molar-refractivity contribution in [2.24, 2.45) is 7.05 Å². The summed E-state index contributed by atoms with van der Waals surface area (Å²) < 4.78 is 7.30. The molecule has 5 heteroatoms. The Balaban J connectivity index is 1.54. The number of thioether (sulfide) groups is 1. The molecule has 22 heavy (non-hydrogen) atoms. The molecule has 1 aromatic heterocycles. The average molecular weight is 312 g/mol. The highest BCUT2D eigenvalue weighted by molar-refractivity contribution is 7.99. The fourth-order valence-electron chi connectivity index (χ4n) is 2.13. The second-order valence-electron chi connectivity index (χ2n) is 4.89. The van der Waals surface area contributed by atoms with Gasteiger partial charge < -0.3 is 9.30 Å². The highest BCUT2D eigenvalue weighted by Gasteiger charge is 2.07. The molecule has 0 unspecified atom stereocenters. The minimum absolute atomic E-state index is 0.223. The first-order valence-corrected chi connectivity index (χ1v) is 8.00. The molecule has 0 aliphatic heterocycles. The minimum atomic E-state index is -0.223. The van der Waals surface area contributed by atoms with E-state index >= 15 is 0 Å².